The van der Waals surface area contributed by atoms with Crippen LogP contribution in [0.25, 0.3) is 0 Å². The van der Waals surface area contributed by atoms with Crippen LogP contribution in [-0.2, 0) is 0 Å². The molecule has 0 aromatic rings. The SMILES string of the molecule is CCCCCCCCN[SiH3]. The van der Waals surface area contributed by atoms with E-state index in [0.29, 0.717) is 0 Å². The van der Waals surface area contributed by atoms with Gasteiger partial charge in [0, 0.05) is 0 Å². The summed E-state index contributed by atoms with van der Waals surface area (Å²) in [4.78, 5) is 3.30. The highest BCUT2D eigenvalue weighted by molar-refractivity contribution is 6.04. The van der Waals surface area contributed by atoms with Gasteiger partial charge in [0.2, 0.25) is 0 Å². The Hall–Kier alpha value is 0.177. The first kappa shape index (κ1) is 10.2. The zero-order chi connectivity index (χ0) is 7.66. The van der Waals surface area contributed by atoms with Gasteiger partial charge in [0.15, 0.2) is 0 Å². The second-order valence-corrected chi connectivity index (χ2v) is 3.58. The summed E-state index contributed by atoms with van der Waals surface area (Å²) in [5.74, 6) is 0. The first-order valence-electron chi connectivity index (χ1n) is 4.56. The van der Waals surface area contributed by atoms with Gasteiger partial charge in [0.1, 0.15) is 0 Å². The van der Waals surface area contributed by atoms with Crippen LogP contribution in [0.4, 0.5) is 0 Å². The molecule has 0 saturated carbocycles. The van der Waals surface area contributed by atoms with Gasteiger partial charge in [-0.3, -0.25) is 0 Å². The molecule has 0 aliphatic heterocycles. The normalized spacial score (nSPS) is 10.5. The van der Waals surface area contributed by atoms with Crippen molar-refractivity contribution in [3.63, 3.8) is 0 Å². The van der Waals surface area contributed by atoms with Crippen molar-refractivity contribution in [2.24, 2.45) is 0 Å². The molecule has 0 fully saturated rings. The van der Waals surface area contributed by atoms with Crippen molar-refractivity contribution in [3.05, 3.63) is 0 Å². The van der Waals surface area contributed by atoms with Crippen molar-refractivity contribution in [1.29, 1.82) is 0 Å². The van der Waals surface area contributed by atoms with E-state index in [1.165, 1.54) is 45.1 Å². The molecule has 0 bridgehead atoms. The van der Waals surface area contributed by atoms with E-state index in [2.05, 4.69) is 11.9 Å². The molecule has 0 saturated heterocycles. The Kier molecular flexibility index (Phi) is 9.34. The van der Waals surface area contributed by atoms with Gasteiger partial charge in [-0.25, -0.2) is 0 Å². The zero-order valence-electron chi connectivity index (χ0n) is 7.45. The Morgan fingerprint density at radius 1 is 1.00 bits per heavy atom. The average Bonchev–Trinajstić information content (AvgIpc) is 1.97. The third kappa shape index (κ3) is 8.18. The summed E-state index contributed by atoms with van der Waals surface area (Å²) in [6.45, 7) is 3.51. The van der Waals surface area contributed by atoms with E-state index in [0.717, 1.165) is 10.4 Å². The van der Waals surface area contributed by atoms with Gasteiger partial charge >= 0.3 is 0 Å². The van der Waals surface area contributed by atoms with E-state index in [1.54, 1.807) is 0 Å². The van der Waals surface area contributed by atoms with Crippen LogP contribution >= 0.6 is 0 Å². The molecule has 0 rings (SSSR count). The minimum atomic E-state index is 1.16. The van der Waals surface area contributed by atoms with Crippen molar-refractivity contribution in [1.82, 2.24) is 4.98 Å². The van der Waals surface area contributed by atoms with Crippen LogP contribution < -0.4 is 4.98 Å². The Labute approximate surface area is 68.1 Å². The van der Waals surface area contributed by atoms with E-state index in [-0.39, 0.29) is 0 Å². The summed E-state index contributed by atoms with van der Waals surface area (Å²) in [6, 6.07) is 0. The standard InChI is InChI=1S/C8H21NSi/c1-2-3-4-5-6-7-8-9-10/h9H,2-8H2,1,10H3. The Morgan fingerprint density at radius 3 is 2.20 bits per heavy atom. The molecule has 0 amide bonds. The first-order valence-corrected chi connectivity index (χ1v) is 5.56. The minimum absolute atomic E-state index is 1.16. The highest BCUT2D eigenvalue weighted by Crippen LogP contribution is 2.03. The van der Waals surface area contributed by atoms with Crippen LogP contribution in [0.1, 0.15) is 45.4 Å². The predicted molar refractivity (Wildman–Crippen MR) is 51.3 cm³/mol. The molecule has 0 aliphatic carbocycles. The van der Waals surface area contributed by atoms with Crippen LogP contribution in [0.15, 0.2) is 0 Å². The van der Waals surface area contributed by atoms with Gasteiger partial charge in [-0.1, -0.05) is 39.0 Å². The molecule has 0 radical (unpaired) electrons. The van der Waals surface area contributed by atoms with Crippen LogP contribution in [0.2, 0.25) is 0 Å². The summed E-state index contributed by atoms with van der Waals surface area (Å²) < 4.78 is 0. The van der Waals surface area contributed by atoms with E-state index in [4.69, 9.17) is 0 Å². The maximum absolute atomic E-state index is 3.30. The third-order valence-corrected chi connectivity index (χ3v) is 2.28. The van der Waals surface area contributed by atoms with Crippen LogP contribution in [-0.4, -0.2) is 16.9 Å². The predicted octanol–water partition coefficient (Wildman–Crippen LogP) is 1.22. The van der Waals surface area contributed by atoms with Gasteiger partial charge in [-0.2, -0.15) is 0 Å². The molecule has 0 heterocycles. The molecule has 2 heteroatoms. The molecule has 0 aromatic heterocycles. The highest BCUT2D eigenvalue weighted by Gasteiger charge is 1.87. The smallest absolute Gasteiger partial charge is 0.0749 e. The topological polar surface area (TPSA) is 12.0 Å². The fourth-order valence-electron chi connectivity index (χ4n) is 1.08. The molecule has 62 valence electrons. The molecule has 0 aliphatic rings. The number of hydrogen-bond acceptors (Lipinski definition) is 1. The maximum atomic E-state index is 3.30. The second kappa shape index (κ2) is 9.18. The van der Waals surface area contributed by atoms with Gasteiger partial charge in [0.05, 0.1) is 10.4 Å². The molecule has 1 N–H and O–H groups in total. The average molecular weight is 159 g/mol. The van der Waals surface area contributed by atoms with Crippen LogP contribution in [0.3, 0.4) is 0 Å². The van der Waals surface area contributed by atoms with Crippen LogP contribution in [0, 0.1) is 0 Å². The van der Waals surface area contributed by atoms with E-state index in [9.17, 15) is 0 Å². The van der Waals surface area contributed by atoms with Crippen molar-refractivity contribution in [3.8, 4) is 0 Å². The summed E-state index contributed by atoms with van der Waals surface area (Å²) in [7, 11) is 1.16. The molecule has 0 spiro atoms. The molecular formula is C8H21NSi. The number of hydrogen-bond donors (Lipinski definition) is 1. The van der Waals surface area contributed by atoms with Crippen LogP contribution in [0.5, 0.6) is 0 Å². The summed E-state index contributed by atoms with van der Waals surface area (Å²) in [6.07, 6.45) is 8.48. The molecule has 0 unspecified atom stereocenters. The van der Waals surface area contributed by atoms with Gasteiger partial charge in [-0.15, -0.1) is 0 Å². The molecule has 1 nitrogen and oxygen atoms in total. The van der Waals surface area contributed by atoms with E-state index < -0.39 is 0 Å². The quantitative estimate of drug-likeness (QED) is 0.435. The number of nitrogens with one attached hydrogen (secondary N) is 1. The summed E-state index contributed by atoms with van der Waals surface area (Å²) in [5.41, 5.74) is 0. The Balaban J connectivity index is 2.65. The van der Waals surface area contributed by atoms with Crippen molar-refractivity contribution in [2.75, 3.05) is 6.54 Å². The van der Waals surface area contributed by atoms with E-state index in [1.807, 2.05) is 0 Å². The van der Waals surface area contributed by atoms with Gasteiger partial charge in [-0.05, 0) is 13.0 Å². The fourth-order valence-corrected chi connectivity index (χ4v) is 1.44. The van der Waals surface area contributed by atoms with Crippen molar-refractivity contribution >= 4 is 10.4 Å². The lowest BCUT2D eigenvalue weighted by atomic mass is 10.1. The second-order valence-electron chi connectivity index (χ2n) is 2.87. The first-order chi connectivity index (χ1) is 4.91. The third-order valence-electron chi connectivity index (χ3n) is 1.78. The Bertz CT molecular complexity index is 49.2. The maximum Gasteiger partial charge on any atom is 0.0749 e. The molecule has 10 heavy (non-hydrogen) atoms. The van der Waals surface area contributed by atoms with Crippen molar-refractivity contribution in [2.45, 2.75) is 45.4 Å². The van der Waals surface area contributed by atoms with Gasteiger partial charge < -0.3 is 4.98 Å². The lowest BCUT2D eigenvalue weighted by molar-refractivity contribution is 0.605. The van der Waals surface area contributed by atoms with E-state index >= 15 is 0 Å². The van der Waals surface area contributed by atoms with Crippen molar-refractivity contribution < 1.29 is 0 Å². The molecular weight excluding hydrogens is 138 g/mol. The zero-order valence-corrected chi connectivity index (χ0v) is 9.45. The molecule has 0 atom stereocenters. The number of rotatable bonds is 7. The lowest BCUT2D eigenvalue weighted by Gasteiger charge is -1.98. The molecule has 0 aromatic carbocycles. The largest absolute Gasteiger partial charge is 0.345 e. The summed E-state index contributed by atoms with van der Waals surface area (Å²) in [5, 5.41) is 0. The van der Waals surface area contributed by atoms with Gasteiger partial charge in [0.25, 0.3) is 0 Å². The fraction of sp³-hybridized carbons (Fsp3) is 1.00. The highest BCUT2D eigenvalue weighted by atomic mass is 28.2. The lowest BCUT2D eigenvalue weighted by Crippen LogP contribution is -2.09. The number of unbranched alkanes of at least 4 members (excludes halogenated alkanes) is 5. The summed E-state index contributed by atoms with van der Waals surface area (Å²) >= 11 is 0. The monoisotopic (exact) mass is 159 g/mol. The minimum Gasteiger partial charge on any atom is -0.345 e. The Morgan fingerprint density at radius 2 is 1.60 bits per heavy atom.